The second-order valence-corrected chi connectivity index (χ2v) is 9.58. The van der Waals surface area contributed by atoms with Crippen molar-refractivity contribution < 1.29 is 8.42 Å². The molecule has 0 atom stereocenters. The summed E-state index contributed by atoms with van der Waals surface area (Å²) in [4.78, 5) is 5.42. The zero-order chi connectivity index (χ0) is 16.4. The van der Waals surface area contributed by atoms with Gasteiger partial charge < -0.3 is 0 Å². The lowest BCUT2D eigenvalue weighted by Crippen LogP contribution is -2.03. The van der Waals surface area contributed by atoms with Gasteiger partial charge in [0, 0.05) is 4.90 Å². The van der Waals surface area contributed by atoms with Gasteiger partial charge in [0.25, 0.3) is 0 Å². The number of hydrogen-bond acceptors (Lipinski definition) is 5. The van der Waals surface area contributed by atoms with E-state index >= 15 is 0 Å². The van der Waals surface area contributed by atoms with Crippen molar-refractivity contribution in [2.75, 3.05) is 0 Å². The van der Waals surface area contributed by atoms with Gasteiger partial charge in [-0.15, -0.1) is 0 Å². The van der Waals surface area contributed by atoms with E-state index in [2.05, 4.69) is 4.98 Å². The highest BCUT2D eigenvalue weighted by Crippen LogP contribution is 2.38. The summed E-state index contributed by atoms with van der Waals surface area (Å²) in [6, 6.07) is 16.3. The molecule has 118 valence electrons. The second-order valence-electron chi connectivity index (χ2n) is 4.79. The van der Waals surface area contributed by atoms with Crippen LogP contribution in [0.3, 0.4) is 0 Å². The van der Waals surface area contributed by atoms with Crippen LogP contribution in [0, 0.1) is 6.92 Å². The summed E-state index contributed by atoms with van der Waals surface area (Å²) in [6.45, 7) is 1.90. The summed E-state index contributed by atoms with van der Waals surface area (Å²) in [7, 11) is -3.70. The van der Waals surface area contributed by atoms with Crippen LogP contribution in [0.1, 0.15) is 5.56 Å². The van der Waals surface area contributed by atoms with E-state index in [9.17, 15) is 8.42 Å². The molecule has 0 unspecified atom stereocenters. The number of halogens is 1. The van der Waals surface area contributed by atoms with Crippen LogP contribution in [0.2, 0.25) is 4.34 Å². The molecule has 3 aromatic rings. The van der Waals surface area contributed by atoms with E-state index in [0.29, 0.717) is 4.34 Å². The Labute approximate surface area is 148 Å². The third-order valence-electron chi connectivity index (χ3n) is 3.07. The first-order valence-electron chi connectivity index (χ1n) is 6.68. The summed E-state index contributed by atoms with van der Waals surface area (Å²) in [5.74, 6) is 0. The Morgan fingerprint density at radius 2 is 1.70 bits per heavy atom. The van der Waals surface area contributed by atoms with Gasteiger partial charge in [-0.25, -0.2) is 13.4 Å². The van der Waals surface area contributed by atoms with E-state index in [-0.39, 0.29) is 14.3 Å². The van der Waals surface area contributed by atoms with Gasteiger partial charge in [-0.3, -0.25) is 0 Å². The monoisotopic (exact) mass is 381 g/mol. The van der Waals surface area contributed by atoms with Gasteiger partial charge in [-0.1, -0.05) is 70.6 Å². The Morgan fingerprint density at radius 1 is 1.04 bits per heavy atom. The molecule has 23 heavy (non-hydrogen) atoms. The lowest BCUT2D eigenvalue weighted by molar-refractivity contribution is 0.592. The summed E-state index contributed by atoms with van der Waals surface area (Å²) in [5.41, 5.74) is 0.994. The standard InChI is InChI=1S/C16H12ClNO2S3/c1-11-7-9-13(10-8-11)23(19,20)15-14(17)22-16(18-15)21-12-5-3-2-4-6-12/h2-10H,1H3. The molecule has 0 fully saturated rings. The zero-order valence-electron chi connectivity index (χ0n) is 12.1. The third-order valence-corrected chi connectivity index (χ3v) is 7.33. The molecule has 0 saturated carbocycles. The predicted octanol–water partition coefficient (Wildman–Crippen LogP) is 5.09. The average molecular weight is 382 g/mol. The van der Waals surface area contributed by atoms with E-state index in [1.54, 1.807) is 24.3 Å². The normalized spacial score (nSPS) is 11.6. The molecular formula is C16H12ClNO2S3. The van der Waals surface area contributed by atoms with Crippen molar-refractivity contribution in [3.8, 4) is 0 Å². The summed E-state index contributed by atoms with van der Waals surface area (Å²) in [6.07, 6.45) is 0. The molecular weight excluding hydrogens is 370 g/mol. The van der Waals surface area contributed by atoms with Gasteiger partial charge in [0.1, 0.15) is 4.34 Å². The molecule has 0 saturated heterocycles. The predicted molar refractivity (Wildman–Crippen MR) is 94.3 cm³/mol. The van der Waals surface area contributed by atoms with Crippen LogP contribution in [0.5, 0.6) is 0 Å². The minimum Gasteiger partial charge on any atom is -0.217 e. The quantitative estimate of drug-likeness (QED) is 0.631. The largest absolute Gasteiger partial charge is 0.226 e. The minimum atomic E-state index is -3.70. The Morgan fingerprint density at radius 3 is 2.35 bits per heavy atom. The molecule has 0 amide bonds. The first-order valence-corrected chi connectivity index (χ1v) is 10.2. The SMILES string of the molecule is Cc1ccc(S(=O)(=O)c2nc(Sc3ccccc3)sc2Cl)cc1. The van der Waals surface area contributed by atoms with Crippen molar-refractivity contribution >= 4 is 44.5 Å². The fourth-order valence-electron chi connectivity index (χ4n) is 1.90. The van der Waals surface area contributed by atoms with Gasteiger partial charge in [-0.05, 0) is 31.2 Å². The fourth-order valence-corrected chi connectivity index (χ4v) is 6.07. The molecule has 0 N–H and O–H groups in total. The van der Waals surface area contributed by atoms with Gasteiger partial charge in [0.05, 0.1) is 4.90 Å². The number of aromatic nitrogens is 1. The van der Waals surface area contributed by atoms with Gasteiger partial charge in [0.2, 0.25) is 9.84 Å². The van der Waals surface area contributed by atoms with E-state index in [0.717, 1.165) is 10.5 Å². The zero-order valence-corrected chi connectivity index (χ0v) is 15.3. The first kappa shape index (κ1) is 16.5. The van der Waals surface area contributed by atoms with Crippen LogP contribution in [0.4, 0.5) is 0 Å². The summed E-state index contributed by atoms with van der Waals surface area (Å²) < 4.78 is 26.2. The smallest absolute Gasteiger partial charge is 0.217 e. The Bertz CT molecular complexity index is 920. The van der Waals surface area contributed by atoms with E-state index in [4.69, 9.17) is 11.6 Å². The van der Waals surface area contributed by atoms with Gasteiger partial charge in [-0.2, -0.15) is 0 Å². The molecule has 1 aromatic heterocycles. The van der Waals surface area contributed by atoms with Crippen molar-refractivity contribution in [3.63, 3.8) is 0 Å². The Kier molecular flexibility index (Phi) is 4.77. The lowest BCUT2D eigenvalue weighted by atomic mass is 10.2. The maximum Gasteiger partial charge on any atom is 0.226 e. The number of benzene rings is 2. The molecule has 1 heterocycles. The van der Waals surface area contributed by atoms with Crippen molar-refractivity contribution in [3.05, 3.63) is 64.5 Å². The Balaban J connectivity index is 1.95. The summed E-state index contributed by atoms with van der Waals surface area (Å²) in [5, 5.41) is -0.0774. The second kappa shape index (κ2) is 6.65. The third kappa shape index (κ3) is 3.61. The van der Waals surface area contributed by atoms with Crippen LogP contribution < -0.4 is 0 Å². The fraction of sp³-hybridized carbons (Fsp3) is 0.0625. The summed E-state index contributed by atoms with van der Waals surface area (Å²) >= 11 is 8.71. The van der Waals surface area contributed by atoms with Crippen LogP contribution in [0.25, 0.3) is 0 Å². The number of hydrogen-bond donors (Lipinski definition) is 0. The lowest BCUT2D eigenvalue weighted by Gasteiger charge is -2.02. The van der Waals surface area contributed by atoms with Crippen LogP contribution >= 0.6 is 34.7 Å². The molecule has 0 aliphatic heterocycles. The van der Waals surface area contributed by atoms with E-state index in [1.165, 1.54) is 23.1 Å². The number of rotatable bonds is 4. The molecule has 3 nitrogen and oxygen atoms in total. The highest BCUT2D eigenvalue weighted by atomic mass is 35.5. The Hall–Kier alpha value is -1.34. The average Bonchev–Trinajstić information content (AvgIpc) is 2.90. The van der Waals surface area contributed by atoms with Crippen LogP contribution in [-0.2, 0) is 9.84 Å². The maximum absolute atomic E-state index is 12.7. The number of aryl methyl sites for hydroxylation is 1. The number of sulfone groups is 1. The van der Waals surface area contributed by atoms with Crippen molar-refractivity contribution in [2.24, 2.45) is 0 Å². The van der Waals surface area contributed by atoms with E-state index < -0.39 is 9.84 Å². The van der Waals surface area contributed by atoms with E-state index in [1.807, 2.05) is 37.3 Å². The van der Waals surface area contributed by atoms with Gasteiger partial charge >= 0.3 is 0 Å². The molecule has 0 aliphatic carbocycles. The highest BCUT2D eigenvalue weighted by molar-refractivity contribution is 8.01. The van der Waals surface area contributed by atoms with Crippen molar-refractivity contribution in [1.29, 1.82) is 0 Å². The first-order chi connectivity index (χ1) is 11.0. The molecule has 0 spiro atoms. The van der Waals surface area contributed by atoms with Crippen LogP contribution in [0.15, 0.2) is 73.8 Å². The molecule has 3 rings (SSSR count). The molecule has 7 heteroatoms. The minimum absolute atomic E-state index is 0.0774. The van der Waals surface area contributed by atoms with Crippen molar-refractivity contribution in [2.45, 2.75) is 26.1 Å². The molecule has 2 aromatic carbocycles. The maximum atomic E-state index is 12.7. The topological polar surface area (TPSA) is 47.0 Å². The number of nitrogens with zero attached hydrogens (tertiary/aromatic N) is 1. The van der Waals surface area contributed by atoms with Gasteiger partial charge in [0.15, 0.2) is 9.37 Å². The molecule has 0 radical (unpaired) electrons. The van der Waals surface area contributed by atoms with Crippen molar-refractivity contribution in [1.82, 2.24) is 4.98 Å². The molecule has 0 bridgehead atoms. The number of thiazole rings is 1. The van der Waals surface area contributed by atoms with Crippen LogP contribution in [-0.4, -0.2) is 13.4 Å². The highest BCUT2D eigenvalue weighted by Gasteiger charge is 2.25. The molecule has 0 aliphatic rings.